The zero-order valence-electron chi connectivity index (χ0n) is 18.1. The van der Waals surface area contributed by atoms with E-state index in [-0.39, 0.29) is 24.7 Å². The minimum Gasteiger partial charge on any atom is -0.454 e. The fraction of sp³-hybridized carbons (Fsp3) is 0.348. The van der Waals surface area contributed by atoms with Gasteiger partial charge in [0.15, 0.2) is 11.5 Å². The Morgan fingerprint density at radius 1 is 1.09 bits per heavy atom. The number of aryl methyl sites for hydroxylation is 1. The topological polar surface area (TPSA) is 110 Å². The first kappa shape index (κ1) is 21.6. The maximum atomic E-state index is 13.0. The van der Waals surface area contributed by atoms with Gasteiger partial charge in [0.2, 0.25) is 18.7 Å². The molecule has 0 saturated carbocycles. The molecular weight excluding hydrogens is 412 g/mol. The van der Waals surface area contributed by atoms with Crippen LogP contribution >= 0.6 is 0 Å². The predicted octanol–water partition coefficient (Wildman–Crippen LogP) is 3.06. The van der Waals surface area contributed by atoms with E-state index in [1.807, 2.05) is 13.0 Å². The fourth-order valence-electron chi connectivity index (χ4n) is 3.47. The van der Waals surface area contributed by atoms with E-state index in [1.54, 1.807) is 30.3 Å². The van der Waals surface area contributed by atoms with E-state index in [0.717, 1.165) is 25.0 Å². The average molecular weight is 438 g/mol. The molecule has 9 heteroatoms. The highest BCUT2D eigenvalue weighted by Crippen LogP contribution is 2.34. The molecule has 168 valence electrons. The Labute approximate surface area is 186 Å². The summed E-state index contributed by atoms with van der Waals surface area (Å²) in [5.74, 6) is 1.04. The van der Waals surface area contributed by atoms with Gasteiger partial charge in [-0.3, -0.25) is 14.9 Å². The number of amides is 2. The lowest BCUT2D eigenvalue weighted by atomic mass is 10.1. The number of aliphatic imine (C=N–C) groups is 1. The van der Waals surface area contributed by atoms with Crippen molar-refractivity contribution in [1.82, 2.24) is 5.32 Å². The fourth-order valence-corrected chi connectivity index (χ4v) is 3.47. The van der Waals surface area contributed by atoms with Gasteiger partial charge < -0.3 is 24.8 Å². The van der Waals surface area contributed by atoms with Crippen LogP contribution in [0.25, 0.3) is 0 Å². The third-order valence-corrected chi connectivity index (χ3v) is 5.15. The summed E-state index contributed by atoms with van der Waals surface area (Å²) in [7, 11) is 0. The average Bonchev–Trinajstić information content (AvgIpc) is 3.44. The number of ether oxygens (including phenoxy) is 3. The first-order valence-corrected chi connectivity index (χ1v) is 10.5. The van der Waals surface area contributed by atoms with Crippen molar-refractivity contribution in [3.05, 3.63) is 47.5 Å². The van der Waals surface area contributed by atoms with E-state index in [2.05, 4.69) is 20.9 Å². The summed E-state index contributed by atoms with van der Waals surface area (Å²) in [6.45, 7) is 4.63. The number of nitrogens with zero attached hydrogens (tertiary/aromatic N) is 1. The Hall–Kier alpha value is -3.59. The number of carbonyl (C=O) groups excluding carboxylic acids is 2. The molecule has 2 aromatic carbocycles. The number of fused-ring (bicyclic) bond motifs is 1. The first-order valence-electron chi connectivity index (χ1n) is 10.5. The number of benzene rings is 2. The Bertz CT molecular complexity index is 1050. The molecule has 1 atom stereocenters. The van der Waals surface area contributed by atoms with Crippen LogP contribution in [0.1, 0.15) is 35.7 Å². The van der Waals surface area contributed by atoms with Crippen LogP contribution in [0.15, 0.2) is 41.4 Å². The molecule has 2 aliphatic heterocycles. The van der Waals surface area contributed by atoms with Crippen LogP contribution in [0.4, 0.5) is 11.4 Å². The van der Waals surface area contributed by atoms with Crippen LogP contribution in [0.5, 0.6) is 11.5 Å². The van der Waals surface area contributed by atoms with E-state index in [9.17, 15) is 9.59 Å². The molecule has 0 aliphatic carbocycles. The van der Waals surface area contributed by atoms with Crippen molar-refractivity contribution in [1.29, 1.82) is 0 Å². The lowest BCUT2D eigenvalue weighted by molar-refractivity contribution is -0.114. The molecule has 2 amide bonds. The van der Waals surface area contributed by atoms with Crippen LogP contribution in [-0.4, -0.2) is 43.8 Å². The van der Waals surface area contributed by atoms with Crippen molar-refractivity contribution in [2.75, 3.05) is 30.6 Å². The standard InChI is InChI=1S/C23H26N4O5/c1-14-5-6-16(10-19(14)25-15(2)28)22(29)27-23(24-12-18-4-3-9-30-18)26-17-7-8-20-21(11-17)32-13-31-20/h5-8,10-11,18H,3-4,9,12-13H2,1-2H3,(H,25,28)(H2,24,26,27,29)/t18-/m0/s1. The van der Waals surface area contributed by atoms with Crippen LogP contribution in [-0.2, 0) is 9.53 Å². The third-order valence-electron chi connectivity index (χ3n) is 5.15. The SMILES string of the molecule is CC(=O)Nc1cc(C(=O)NC(=NC[C@@H]2CCCO2)Nc2ccc3c(c2)OCO3)ccc1C. The number of guanidine groups is 1. The van der Waals surface area contributed by atoms with Crippen LogP contribution in [0.3, 0.4) is 0 Å². The Morgan fingerprint density at radius 3 is 2.72 bits per heavy atom. The molecule has 0 aromatic heterocycles. The molecule has 0 unspecified atom stereocenters. The second-order valence-electron chi connectivity index (χ2n) is 7.68. The molecule has 2 heterocycles. The van der Waals surface area contributed by atoms with Crippen molar-refractivity contribution in [3.63, 3.8) is 0 Å². The van der Waals surface area contributed by atoms with Crippen LogP contribution in [0, 0.1) is 6.92 Å². The van der Waals surface area contributed by atoms with Crippen LogP contribution in [0.2, 0.25) is 0 Å². The largest absolute Gasteiger partial charge is 0.454 e. The minimum absolute atomic E-state index is 0.0335. The van der Waals surface area contributed by atoms with Crippen LogP contribution < -0.4 is 25.4 Å². The lowest BCUT2D eigenvalue weighted by Crippen LogP contribution is -2.36. The van der Waals surface area contributed by atoms with E-state index >= 15 is 0 Å². The molecule has 0 radical (unpaired) electrons. The number of hydrogen-bond acceptors (Lipinski definition) is 6. The quantitative estimate of drug-likeness (QED) is 0.489. The van der Waals surface area contributed by atoms with Crippen molar-refractivity contribution in [3.8, 4) is 11.5 Å². The molecule has 3 N–H and O–H groups in total. The van der Waals surface area contributed by atoms with E-state index < -0.39 is 0 Å². The highest BCUT2D eigenvalue weighted by atomic mass is 16.7. The highest BCUT2D eigenvalue weighted by molar-refractivity contribution is 6.10. The van der Waals surface area contributed by atoms with Gasteiger partial charge in [0.1, 0.15) is 0 Å². The normalized spacial score (nSPS) is 17.2. The molecule has 2 aromatic rings. The maximum absolute atomic E-state index is 13.0. The Balaban J connectivity index is 1.52. The summed E-state index contributed by atoms with van der Waals surface area (Å²) in [6, 6.07) is 10.5. The molecule has 32 heavy (non-hydrogen) atoms. The Kier molecular flexibility index (Phi) is 6.55. The van der Waals surface area contributed by atoms with Gasteiger partial charge in [-0.05, 0) is 49.6 Å². The second-order valence-corrected chi connectivity index (χ2v) is 7.68. The molecule has 1 saturated heterocycles. The number of hydrogen-bond donors (Lipinski definition) is 3. The molecule has 2 aliphatic rings. The summed E-state index contributed by atoms with van der Waals surface area (Å²) in [4.78, 5) is 29.0. The predicted molar refractivity (Wildman–Crippen MR) is 120 cm³/mol. The number of nitrogens with one attached hydrogen (secondary N) is 3. The first-order chi connectivity index (χ1) is 15.5. The van der Waals surface area contributed by atoms with Gasteiger partial charge in [-0.25, -0.2) is 4.99 Å². The molecule has 0 bridgehead atoms. The van der Waals surface area contributed by atoms with Gasteiger partial charge >= 0.3 is 0 Å². The van der Waals surface area contributed by atoms with Crippen molar-refractivity contribution in [2.24, 2.45) is 4.99 Å². The summed E-state index contributed by atoms with van der Waals surface area (Å²) >= 11 is 0. The van der Waals surface area contributed by atoms with E-state index in [1.165, 1.54) is 6.92 Å². The molecule has 9 nitrogen and oxygen atoms in total. The second kappa shape index (κ2) is 9.69. The molecular formula is C23H26N4O5. The van der Waals surface area contributed by atoms with Gasteiger partial charge in [-0.15, -0.1) is 0 Å². The summed E-state index contributed by atoms with van der Waals surface area (Å²) in [5, 5.41) is 8.72. The van der Waals surface area contributed by atoms with Gasteiger partial charge in [0.25, 0.3) is 5.91 Å². The summed E-state index contributed by atoms with van der Waals surface area (Å²) in [5.41, 5.74) is 2.55. The van der Waals surface area contributed by atoms with Gasteiger partial charge in [-0.2, -0.15) is 0 Å². The Morgan fingerprint density at radius 2 is 1.94 bits per heavy atom. The highest BCUT2D eigenvalue weighted by Gasteiger charge is 2.18. The zero-order chi connectivity index (χ0) is 22.5. The van der Waals surface area contributed by atoms with E-state index in [0.29, 0.717) is 40.9 Å². The maximum Gasteiger partial charge on any atom is 0.258 e. The smallest absolute Gasteiger partial charge is 0.258 e. The minimum atomic E-state index is -0.351. The van der Waals surface area contributed by atoms with Gasteiger partial charge in [0, 0.05) is 36.5 Å². The monoisotopic (exact) mass is 438 g/mol. The lowest BCUT2D eigenvalue weighted by Gasteiger charge is -2.14. The summed E-state index contributed by atoms with van der Waals surface area (Å²) in [6.07, 6.45) is 1.98. The van der Waals surface area contributed by atoms with Crippen molar-refractivity contribution in [2.45, 2.75) is 32.8 Å². The molecule has 0 spiro atoms. The van der Waals surface area contributed by atoms with E-state index in [4.69, 9.17) is 14.2 Å². The van der Waals surface area contributed by atoms with Gasteiger partial charge in [0.05, 0.1) is 12.6 Å². The molecule has 1 fully saturated rings. The summed E-state index contributed by atoms with van der Waals surface area (Å²) < 4.78 is 16.4. The van der Waals surface area contributed by atoms with Gasteiger partial charge in [-0.1, -0.05) is 6.07 Å². The number of rotatable bonds is 5. The molecule has 4 rings (SSSR count). The zero-order valence-corrected chi connectivity index (χ0v) is 18.1. The van der Waals surface area contributed by atoms with Crippen molar-refractivity contribution >= 4 is 29.1 Å². The number of anilines is 2. The number of carbonyl (C=O) groups is 2. The van der Waals surface area contributed by atoms with Crippen molar-refractivity contribution < 1.29 is 23.8 Å². The third kappa shape index (κ3) is 5.36.